The van der Waals surface area contributed by atoms with Crippen molar-refractivity contribution in [2.75, 3.05) is 0 Å². The largest absolute Gasteiger partial charge is 0.279 e. The van der Waals surface area contributed by atoms with E-state index in [1.807, 2.05) is 31.2 Å². The van der Waals surface area contributed by atoms with E-state index in [2.05, 4.69) is 15.2 Å². The molecule has 1 N–H and O–H groups in total. The number of nitrogens with zero attached hydrogens (tertiary/aromatic N) is 2. The minimum atomic E-state index is -0.222. The first-order chi connectivity index (χ1) is 6.83. The lowest BCUT2D eigenvalue weighted by molar-refractivity contribution is 0.559. The van der Waals surface area contributed by atoms with Gasteiger partial charge in [0.05, 0.1) is 11.2 Å². The fourth-order valence-electron chi connectivity index (χ4n) is 1.44. The number of hydrogen-bond acceptors (Lipinski definition) is 3. The van der Waals surface area contributed by atoms with E-state index in [1.165, 1.54) is 0 Å². The summed E-state index contributed by atoms with van der Waals surface area (Å²) in [6, 6.07) is 7.48. The van der Waals surface area contributed by atoms with Crippen molar-refractivity contribution in [2.24, 2.45) is 4.99 Å². The number of aromatic amines is 1. The van der Waals surface area contributed by atoms with Crippen molar-refractivity contribution in [1.82, 2.24) is 10.2 Å². The standard InChI is InChI=1S/C10H9N3O/c1-7(11-6-14)10-8-4-2-3-5-9(8)12-13-10/h2-5,7H,1H3,(H,12,13). The van der Waals surface area contributed by atoms with Crippen LogP contribution >= 0.6 is 0 Å². The first-order valence-corrected chi connectivity index (χ1v) is 4.33. The number of benzene rings is 1. The third-order valence-electron chi connectivity index (χ3n) is 2.16. The molecule has 0 fully saturated rings. The van der Waals surface area contributed by atoms with Gasteiger partial charge in [-0.2, -0.15) is 10.1 Å². The fourth-order valence-corrected chi connectivity index (χ4v) is 1.44. The summed E-state index contributed by atoms with van der Waals surface area (Å²) in [5.74, 6) is 0. The van der Waals surface area contributed by atoms with E-state index < -0.39 is 0 Å². The van der Waals surface area contributed by atoms with Gasteiger partial charge >= 0.3 is 0 Å². The molecule has 0 aliphatic heterocycles. The van der Waals surface area contributed by atoms with Gasteiger partial charge in [0.1, 0.15) is 6.04 Å². The molecule has 0 saturated heterocycles. The van der Waals surface area contributed by atoms with Gasteiger partial charge in [-0.1, -0.05) is 18.2 Å². The minimum absolute atomic E-state index is 0.222. The Morgan fingerprint density at radius 1 is 1.50 bits per heavy atom. The molecule has 2 rings (SSSR count). The molecular weight excluding hydrogens is 178 g/mol. The summed E-state index contributed by atoms with van der Waals surface area (Å²) in [6.45, 7) is 1.82. The van der Waals surface area contributed by atoms with Gasteiger partial charge in [0, 0.05) is 5.39 Å². The molecule has 2 aromatic rings. The third-order valence-corrected chi connectivity index (χ3v) is 2.16. The van der Waals surface area contributed by atoms with Crippen molar-refractivity contribution in [1.29, 1.82) is 0 Å². The molecule has 1 heterocycles. The van der Waals surface area contributed by atoms with E-state index in [0.29, 0.717) is 0 Å². The summed E-state index contributed by atoms with van der Waals surface area (Å²) < 4.78 is 0. The highest BCUT2D eigenvalue weighted by Crippen LogP contribution is 2.22. The van der Waals surface area contributed by atoms with E-state index in [-0.39, 0.29) is 6.04 Å². The van der Waals surface area contributed by atoms with Crippen LogP contribution in [-0.4, -0.2) is 16.3 Å². The molecule has 0 spiro atoms. The SMILES string of the molecule is CC(N=C=O)c1[nH]nc2ccccc12. The Balaban J connectivity index is 2.57. The van der Waals surface area contributed by atoms with Gasteiger partial charge < -0.3 is 0 Å². The number of para-hydroxylation sites is 1. The molecule has 1 atom stereocenters. The molecule has 1 unspecified atom stereocenters. The number of hydrogen-bond donors (Lipinski definition) is 1. The minimum Gasteiger partial charge on any atom is -0.279 e. The van der Waals surface area contributed by atoms with Crippen LogP contribution in [0.5, 0.6) is 0 Å². The predicted octanol–water partition coefficient (Wildman–Crippen LogP) is 1.96. The molecule has 0 radical (unpaired) electrons. The van der Waals surface area contributed by atoms with Crippen LogP contribution in [0.1, 0.15) is 18.7 Å². The Hall–Kier alpha value is -1.93. The molecule has 70 valence electrons. The Morgan fingerprint density at radius 2 is 2.29 bits per heavy atom. The maximum atomic E-state index is 10.1. The van der Waals surface area contributed by atoms with Crippen molar-refractivity contribution in [3.05, 3.63) is 30.0 Å². The monoisotopic (exact) mass is 187 g/mol. The molecule has 0 saturated carbocycles. The highest BCUT2D eigenvalue weighted by atomic mass is 16.1. The van der Waals surface area contributed by atoms with Crippen molar-refractivity contribution < 1.29 is 4.79 Å². The topological polar surface area (TPSA) is 58.1 Å². The average molecular weight is 187 g/mol. The molecule has 1 aromatic carbocycles. The van der Waals surface area contributed by atoms with Gasteiger partial charge in [-0.3, -0.25) is 5.10 Å². The first kappa shape index (κ1) is 8.66. The Kier molecular flexibility index (Phi) is 2.13. The van der Waals surface area contributed by atoms with Crippen LogP contribution in [0.2, 0.25) is 0 Å². The van der Waals surface area contributed by atoms with Gasteiger partial charge in [0.25, 0.3) is 0 Å². The van der Waals surface area contributed by atoms with Crippen LogP contribution in [0.3, 0.4) is 0 Å². The number of fused-ring (bicyclic) bond motifs is 1. The predicted molar refractivity (Wildman–Crippen MR) is 52.6 cm³/mol. The molecule has 0 bridgehead atoms. The number of H-pyrrole nitrogens is 1. The van der Waals surface area contributed by atoms with Gasteiger partial charge in [-0.05, 0) is 13.0 Å². The second-order valence-corrected chi connectivity index (χ2v) is 3.05. The van der Waals surface area contributed by atoms with Gasteiger partial charge in [-0.25, -0.2) is 4.79 Å². The molecule has 4 heteroatoms. The fraction of sp³-hybridized carbons (Fsp3) is 0.200. The first-order valence-electron chi connectivity index (χ1n) is 4.33. The summed E-state index contributed by atoms with van der Waals surface area (Å²) in [4.78, 5) is 13.8. The number of aliphatic imine (C=N–C) groups is 1. The summed E-state index contributed by atoms with van der Waals surface area (Å²) in [6.07, 6.45) is 1.55. The lowest BCUT2D eigenvalue weighted by Crippen LogP contribution is -1.89. The maximum Gasteiger partial charge on any atom is 0.235 e. The van der Waals surface area contributed by atoms with Gasteiger partial charge in [0.2, 0.25) is 6.08 Å². The molecule has 0 aliphatic carbocycles. The van der Waals surface area contributed by atoms with E-state index in [1.54, 1.807) is 6.08 Å². The van der Waals surface area contributed by atoms with Crippen LogP contribution in [0, 0.1) is 0 Å². The maximum absolute atomic E-state index is 10.1. The number of carbonyl (C=O) groups excluding carboxylic acids is 1. The summed E-state index contributed by atoms with van der Waals surface area (Å²) in [5.41, 5.74) is 1.74. The van der Waals surface area contributed by atoms with Crippen LogP contribution in [0.15, 0.2) is 29.3 Å². The number of nitrogens with one attached hydrogen (secondary N) is 1. The Morgan fingerprint density at radius 3 is 3.07 bits per heavy atom. The smallest absolute Gasteiger partial charge is 0.235 e. The highest BCUT2D eigenvalue weighted by molar-refractivity contribution is 5.81. The number of aromatic nitrogens is 2. The summed E-state index contributed by atoms with van der Waals surface area (Å²) >= 11 is 0. The quantitative estimate of drug-likeness (QED) is 0.577. The van der Waals surface area contributed by atoms with Crippen LogP contribution in [-0.2, 0) is 4.79 Å². The van der Waals surface area contributed by atoms with Crippen molar-refractivity contribution in [3.63, 3.8) is 0 Å². The Labute approximate surface area is 80.7 Å². The zero-order chi connectivity index (χ0) is 9.97. The molecule has 14 heavy (non-hydrogen) atoms. The second-order valence-electron chi connectivity index (χ2n) is 3.05. The van der Waals surface area contributed by atoms with Crippen LogP contribution in [0.25, 0.3) is 10.9 Å². The van der Waals surface area contributed by atoms with Gasteiger partial charge in [0.15, 0.2) is 0 Å². The van der Waals surface area contributed by atoms with Crippen LogP contribution < -0.4 is 0 Å². The zero-order valence-electron chi connectivity index (χ0n) is 7.69. The van der Waals surface area contributed by atoms with Crippen molar-refractivity contribution in [3.8, 4) is 0 Å². The molecular formula is C10H9N3O. The Bertz CT molecular complexity index is 497. The lowest BCUT2D eigenvalue weighted by atomic mass is 10.1. The van der Waals surface area contributed by atoms with Crippen molar-refractivity contribution >= 4 is 17.0 Å². The molecule has 1 aromatic heterocycles. The molecule has 0 aliphatic rings. The highest BCUT2D eigenvalue weighted by Gasteiger charge is 2.10. The summed E-state index contributed by atoms with van der Waals surface area (Å²) in [7, 11) is 0. The lowest BCUT2D eigenvalue weighted by Gasteiger charge is -1.99. The summed E-state index contributed by atoms with van der Waals surface area (Å²) in [5, 5.41) is 7.98. The van der Waals surface area contributed by atoms with Crippen LogP contribution in [0.4, 0.5) is 0 Å². The van der Waals surface area contributed by atoms with E-state index >= 15 is 0 Å². The zero-order valence-corrected chi connectivity index (χ0v) is 7.69. The average Bonchev–Trinajstić information content (AvgIpc) is 2.61. The van der Waals surface area contributed by atoms with Crippen molar-refractivity contribution in [2.45, 2.75) is 13.0 Å². The third kappa shape index (κ3) is 1.32. The normalized spacial score (nSPS) is 12.4. The second kappa shape index (κ2) is 3.44. The number of rotatable bonds is 2. The van der Waals surface area contributed by atoms with E-state index in [4.69, 9.17) is 0 Å². The van der Waals surface area contributed by atoms with Gasteiger partial charge in [-0.15, -0.1) is 0 Å². The molecule has 0 amide bonds. The van der Waals surface area contributed by atoms with E-state index in [0.717, 1.165) is 16.6 Å². The molecule has 4 nitrogen and oxygen atoms in total. The number of isocyanates is 1. The van der Waals surface area contributed by atoms with E-state index in [9.17, 15) is 4.79 Å².